The average Bonchev–Trinajstić information content (AvgIpc) is 3.25. The molecule has 0 spiro atoms. The number of hydrogen-bond donors (Lipinski definition) is 0. The third-order valence-electron chi connectivity index (χ3n) is 5.75. The fourth-order valence-electron chi connectivity index (χ4n) is 4.32. The first-order valence-corrected chi connectivity index (χ1v) is 9.87. The first-order chi connectivity index (χ1) is 14.4. The molecular weight excluding hydrogens is 358 g/mol. The Morgan fingerprint density at radius 2 is 1.72 bits per heavy atom. The van der Waals surface area contributed by atoms with Gasteiger partial charge < -0.3 is 4.74 Å². The van der Waals surface area contributed by atoms with E-state index in [1.165, 1.54) is 21.9 Å². The van der Waals surface area contributed by atoms with Gasteiger partial charge in [-0.15, -0.1) is 0 Å². The van der Waals surface area contributed by atoms with Gasteiger partial charge in [-0.2, -0.15) is 5.10 Å². The summed E-state index contributed by atoms with van der Waals surface area (Å²) in [6.45, 7) is 0. The van der Waals surface area contributed by atoms with Crippen LogP contribution in [0.5, 0.6) is 5.75 Å². The fraction of sp³-hybridized carbons (Fsp3) is 0.120. The van der Waals surface area contributed by atoms with Crippen LogP contribution in [0.4, 0.5) is 0 Å². The minimum absolute atomic E-state index is 0.159. The summed E-state index contributed by atoms with van der Waals surface area (Å²) in [6.07, 6.45) is 4.22. The molecule has 3 heterocycles. The lowest BCUT2D eigenvalue weighted by molar-refractivity contribution is -0.0192. The zero-order chi connectivity index (χ0) is 19.2. The van der Waals surface area contributed by atoms with Gasteiger partial charge in [-0.1, -0.05) is 60.7 Å². The van der Waals surface area contributed by atoms with E-state index in [2.05, 4.69) is 64.6 Å². The number of pyridine rings is 1. The molecule has 0 amide bonds. The van der Waals surface area contributed by atoms with E-state index in [-0.39, 0.29) is 12.3 Å². The number of benzene rings is 3. The van der Waals surface area contributed by atoms with Crippen molar-refractivity contribution in [3.8, 4) is 5.75 Å². The van der Waals surface area contributed by atoms with Crippen LogP contribution < -0.4 is 4.74 Å². The van der Waals surface area contributed by atoms with Crippen LogP contribution in [0.3, 0.4) is 0 Å². The van der Waals surface area contributed by atoms with E-state index in [9.17, 15) is 0 Å². The maximum Gasteiger partial charge on any atom is 0.215 e. The van der Waals surface area contributed by atoms with Crippen LogP contribution in [-0.2, 0) is 0 Å². The predicted octanol–water partition coefficient (Wildman–Crippen LogP) is 5.48. The van der Waals surface area contributed by atoms with E-state index in [4.69, 9.17) is 9.84 Å². The highest BCUT2D eigenvalue weighted by molar-refractivity contribution is 6.04. The molecule has 0 saturated carbocycles. The van der Waals surface area contributed by atoms with Gasteiger partial charge in [0.1, 0.15) is 5.75 Å². The number of nitrogens with zero attached hydrogens (tertiary/aromatic N) is 3. The Balaban J connectivity index is 1.45. The maximum absolute atomic E-state index is 6.37. The smallest absolute Gasteiger partial charge is 0.215 e. The molecule has 4 nitrogen and oxygen atoms in total. The van der Waals surface area contributed by atoms with Gasteiger partial charge in [-0.25, -0.2) is 5.01 Å². The molecule has 3 aromatic carbocycles. The fourth-order valence-corrected chi connectivity index (χ4v) is 4.32. The number of rotatable bonds is 2. The first kappa shape index (κ1) is 16.3. The second-order valence-corrected chi connectivity index (χ2v) is 7.50. The van der Waals surface area contributed by atoms with Gasteiger partial charge in [0.2, 0.25) is 6.23 Å². The van der Waals surface area contributed by atoms with Gasteiger partial charge >= 0.3 is 0 Å². The molecule has 2 atom stereocenters. The van der Waals surface area contributed by atoms with Crippen molar-refractivity contribution in [2.75, 3.05) is 0 Å². The van der Waals surface area contributed by atoms with E-state index in [0.29, 0.717) is 0 Å². The van der Waals surface area contributed by atoms with Gasteiger partial charge in [0, 0.05) is 29.9 Å². The third-order valence-corrected chi connectivity index (χ3v) is 5.75. The molecule has 29 heavy (non-hydrogen) atoms. The summed E-state index contributed by atoms with van der Waals surface area (Å²) in [5.41, 5.74) is 4.46. The van der Waals surface area contributed by atoms with Gasteiger partial charge in [0.15, 0.2) is 0 Å². The summed E-state index contributed by atoms with van der Waals surface area (Å²) in [6, 6.07) is 27.5. The van der Waals surface area contributed by atoms with E-state index in [0.717, 1.165) is 23.4 Å². The van der Waals surface area contributed by atoms with Crippen LogP contribution in [0.25, 0.3) is 10.8 Å². The van der Waals surface area contributed by atoms with Crippen molar-refractivity contribution in [1.29, 1.82) is 0 Å². The Morgan fingerprint density at radius 1 is 0.862 bits per heavy atom. The van der Waals surface area contributed by atoms with Crippen molar-refractivity contribution in [1.82, 2.24) is 9.99 Å². The molecule has 0 unspecified atom stereocenters. The Kier molecular flexibility index (Phi) is 3.63. The number of aromatic nitrogens is 1. The highest BCUT2D eigenvalue weighted by Gasteiger charge is 2.40. The van der Waals surface area contributed by atoms with Crippen molar-refractivity contribution < 1.29 is 4.74 Å². The first-order valence-electron chi connectivity index (χ1n) is 9.87. The third kappa shape index (κ3) is 2.68. The largest absolute Gasteiger partial charge is 0.464 e. The number of ether oxygens (including phenoxy) is 1. The topological polar surface area (TPSA) is 37.7 Å². The standard InChI is InChI=1S/C25H19N3O/c1-2-7-18-14-19(12-11-17(18)6-1)22-15-23-21-9-3-4-10-24(21)29-25(28(23)27-22)20-8-5-13-26-16-20/h1-14,16,23,25H,15H2/t23-,25-/m1/s1. The van der Waals surface area contributed by atoms with Crippen molar-refractivity contribution in [3.63, 3.8) is 0 Å². The molecule has 0 bridgehead atoms. The number of para-hydroxylation sites is 1. The van der Waals surface area contributed by atoms with Gasteiger partial charge in [0.25, 0.3) is 0 Å². The second kappa shape index (κ2) is 6.45. The van der Waals surface area contributed by atoms with E-state index >= 15 is 0 Å². The highest BCUT2D eigenvalue weighted by atomic mass is 16.5. The van der Waals surface area contributed by atoms with E-state index < -0.39 is 0 Å². The van der Waals surface area contributed by atoms with Gasteiger partial charge in [-0.05, 0) is 34.5 Å². The minimum atomic E-state index is -0.276. The van der Waals surface area contributed by atoms with Crippen LogP contribution in [0.2, 0.25) is 0 Å². The molecule has 2 aliphatic rings. The number of fused-ring (bicyclic) bond motifs is 4. The molecule has 0 aliphatic carbocycles. The van der Waals surface area contributed by atoms with Crippen LogP contribution in [0.1, 0.15) is 35.4 Å². The molecule has 4 aromatic rings. The Hall–Kier alpha value is -3.66. The second-order valence-electron chi connectivity index (χ2n) is 7.50. The monoisotopic (exact) mass is 377 g/mol. The highest BCUT2D eigenvalue weighted by Crippen LogP contribution is 2.47. The minimum Gasteiger partial charge on any atom is -0.464 e. The maximum atomic E-state index is 6.37. The molecule has 0 radical (unpaired) electrons. The number of hydrazone groups is 1. The van der Waals surface area contributed by atoms with Crippen molar-refractivity contribution in [2.24, 2.45) is 5.10 Å². The lowest BCUT2D eigenvalue weighted by Crippen LogP contribution is -2.33. The molecule has 6 rings (SSSR count). The van der Waals surface area contributed by atoms with Crippen molar-refractivity contribution >= 4 is 16.5 Å². The lowest BCUT2D eigenvalue weighted by Gasteiger charge is -2.38. The summed E-state index contributed by atoms with van der Waals surface area (Å²) in [7, 11) is 0. The summed E-state index contributed by atoms with van der Waals surface area (Å²) < 4.78 is 6.37. The molecule has 1 aromatic heterocycles. The van der Waals surface area contributed by atoms with Gasteiger partial charge in [-0.3, -0.25) is 4.98 Å². The van der Waals surface area contributed by atoms with Gasteiger partial charge in [0.05, 0.1) is 11.8 Å². The van der Waals surface area contributed by atoms with E-state index in [1.807, 2.05) is 30.5 Å². The van der Waals surface area contributed by atoms with Crippen molar-refractivity contribution in [2.45, 2.75) is 18.7 Å². The SMILES string of the molecule is c1cncc([C@H]2Oc3ccccc3[C@H]3CC(c4ccc5ccccc5c4)=NN32)c1. The summed E-state index contributed by atoms with van der Waals surface area (Å²) in [5.74, 6) is 0.928. The molecule has 2 aliphatic heterocycles. The molecule has 0 saturated heterocycles. The van der Waals surface area contributed by atoms with Crippen LogP contribution in [0.15, 0.2) is 96.4 Å². The summed E-state index contributed by atoms with van der Waals surface area (Å²) in [4.78, 5) is 4.29. The normalized spacial score (nSPS) is 20.0. The Morgan fingerprint density at radius 3 is 2.62 bits per heavy atom. The summed E-state index contributed by atoms with van der Waals surface area (Å²) >= 11 is 0. The molecule has 4 heteroatoms. The predicted molar refractivity (Wildman–Crippen MR) is 114 cm³/mol. The Bertz CT molecular complexity index is 1240. The molecular formula is C25H19N3O. The average molecular weight is 377 g/mol. The molecule has 0 N–H and O–H groups in total. The quantitative estimate of drug-likeness (QED) is 0.464. The molecule has 140 valence electrons. The molecule has 0 fully saturated rings. The van der Waals surface area contributed by atoms with Crippen LogP contribution in [-0.4, -0.2) is 15.7 Å². The van der Waals surface area contributed by atoms with E-state index in [1.54, 1.807) is 6.20 Å². The van der Waals surface area contributed by atoms with Crippen LogP contribution >= 0.6 is 0 Å². The zero-order valence-electron chi connectivity index (χ0n) is 15.8. The number of hydrogen-bond acceptors (Lipinski definition) is 4. The Labute approximate surface area is 169 Å². The zero-order valence-corrected chi connectivity index (χ0v) is 15.8. The van der Waals surface area contributed by atoms with Crippen LogP contribution in [0, 0.1) is 0 Å². The van der Waals surface area contributed by atoms with Crippen molar-refractivity contribution in [3.05, 3.63) is 108 Å². The summed E-state index contributed by atoms with van der Waals surface area (Å²) in [5, 5.41) is 9.62. The lowest BCUT2D eigenvalue weighted by atomic mass is 9.95.